The van der Waals surface area contributed by atoms with Crippen molar-refractivity contribution in [2.45, 2.75) is 12.8 Å². The van der Waals surface area contributed by atoms with E-state index < -0.39 is 5.97 Å². The highest BCUT2D eigenvalue weighted by Gasteiger charge is 2.47. The van der Waals surface area contributed by atoms with E-state index in [-0.39, 0.29) is 11.3 Å². The zero-order valence-corrected chi connectivity index (χ0v) is 8.40. The first-order chi connectivity index (χ1) is 6.25. The molecule has 3 nitrogen and oxygen atoms in total. The van der Waals surface area contributed by atoms with Gasteiger partial charge >= 0.3 is 5.97 Å². The summed E-state index contributed by atoms with van der Waals surface area (Å²) >= 11 is 1.91. The van der Waals surface area contributed by atoms with Crippen molar-refractivity contribution in [2.24, 2.45) is 11.3 Å². The predicted molar refractivity (Wildman–Crippen MR) is 53.0 cm³/mol. The third-order valence-electron chi connectivity index (χ3n) is 3.22. The number of thioether (sulfide) groups is 1. The number of hydrogen-bond acceptors (Lipinski definition) is 3. The number of carbonyl (C=O) groups is 1. The van der Waals surface area contributed by atoms with Crippen LogP contribution in [0.5, 0.6) is 0 Å². The van der Waals surface area contributed by atoms with Crippen molar-refractivity contribution < 1.29 is 9.90 Å². The molecule has 0 aromatic carbocycles. The fourth-order valence-electron chi connectivity index (χ4n) is 2.44. The summed E-state index contributed by atoms with van der Waals surface area (Å²) in [7, 11) is 0. The molecule has 2 fully saturated rings. The molecule has 4 heteroatoms. The number of nitrogens with one attached hydrogen (secondary N) is 1. The van der Waals surface area contributed by atoms with Crippen LogP contribution in [0, 0.1) is 11.3 Å². The molecule has 2 atom stereocenters. The van der Waals surface area contributed by atoms with Crippen LogP contribution in [-0.2, 0) is 4.79 Å². The van der Waals surface area contributed by atoms with E-state index in [1.165, 1.54) is 12.2 Å². The van der Waals surface area contributed by atoms with Crippen LogP contribution in [0.4, 0.5) is 0 Å². The Kier molecular flexibility index (Phi) is 2.51. The zero-order valence-electron chi connectivity index (χ0n) is 7.58. The lowest BCUT2D eigenvalue weighted by Crippen LogP contribution is -2.39. The Morgan fingerprint density at radius 3 is 3.08 bits per heavy atom. The maximum Gasteiger partial charge on any atom is 0.308 e. The molecule has 0 bridgehead atoms. The quantitative estimate of drug-likeness (QED) is 0.659. The van der Waals surface area contributed by atoms with E-state index in [4.69, 9.17) is 5.11 Å². The van der Waals surface area contributed by atoms with Crippen LogP contribution >= 0.6 is 11.8 Å². The molecule has 0 aliphatic carbocycles. The van der Waals surface area contributed by atoms with E-state index in [0.717, 1.165) is 18.7 Å². The van der Waals surface area contributed by atoms with Gasteiger partial charge in [-0.3, -0.25) is 4.79 Å². The molecule has 2 unspecified atom stereocenters. The van der Waals surface area contributed by atoms with Crippen LogP contribution in [0.3, 0.4) is 0 Å². The smallest absolute Gasteiger partial charge is 0.308 e. The molecule has 0 saturated carbocycles. The Labute approximate surface area is 82.3 Å². The van der Waals surface area contributed by atoms with Crippen molar-refractivity contribution >= 4 is 17.7 Å². The molecule has 0 radical (unpaired) electrons. The van der Waals surface area contributed by atoms with Gasteiger partial charge in [-0.05, 0) is 18.6 Å². The lowest BCUT2D eigenvalue weighted by Gasteiger charge is -2.35. The summed E-state index contributed by atoms with van der Waals surface area (Å²) in [5.41, 5.74) is 0.0642. The minimum Gasteiger partial charge on any atom is -0.481 e. The Bertz CT molecular complexity index is 214. The van der Waals surface area contributed by atoms with Crippen LogP contribution in [0.15, 0.2) is 0 Å². The summed E-state index contributed by atoms with van der Waals surface area (Å²) < 4.78 is 0. The molecule has 2 aliphatic heterocycles. The number of aliphatic carboxylic acids is 1. The molecular weight excluding hydrogens is 186 g/mol. The Morgan fingerprint density at radius 2 is 2.46 bits per heavy atom. The Morgan fingerprint density at radius 1 is 1.62 bits per heavy atom. The zero-order chi connectivity index (χ0) is 9.31. The maximum atomic E-state index is 11.0. The van der Waals surface area contributed by atoms with E-state index in [1.54, 1.807) is 0 Å². The lowest BCUT2D eigenvalue weighted by atomic mass is 9.76. The topological polar surface area (TPSA) is 49.3 Å². The highest BCUT2D eigenvalue weighted by atomic mass is 32.2. The Hall–Kier alpha value is -0.220. The van der Waals surface area contributed by atoms with Gasteiger partial charge in [0.2, 0.25) is 0 Å². The van der Waals surface area contributed by atoms with E-state index in [9.17, 15) is 4.79 Å². The van der Waals surface area contributed by atoms with Crippen molar-refractivity contribution in [1.82, 2.24) is 5.32 Å². The average molecular weight is 201 g/mol. The molecule has 0 aromatic rings. The molecular formula is C9H15NO2S. The summed E-state index contributed by atoms with van der Waals surface area (Å²) in [5.74, 6) is 1.46. The van der Waals surface area contributed by atoms with Crippen LogP contribution < -0.4 is 5.32 Å². The van der Waals surface area contributed by atoms with Crippen molar-refractivity contribution in [1.29, 1.82) is 0 Å². The summed E-state index contributed by atoms with van der Waals surface area (Å²) in [6.45, 7) is 1.56. The lowest BCUT2D eigenvalue weighted by molar-refractivity contribution is -0.144. The second-order valence-electron chi connectivity index (χ2n) is 4.04. The van der Waals surface area contributed by atoms with Gasteiger partial charge in [-0.1, -0.05) is 0 Å². The maximum absolute atomic E-state index is 11.0. The highest BCUT2D eigenvalue weighted by molar-refractivity contribution is 7.99. The molecule has 2 N–H and O–H groups in total. The second kappa shape index (κ2) is 3.50. The fourth-order valence-corrected chi connectivity index (χ4v) is 3.79. The van der Waals surface area contributed by atoms with E-state index in [2.05, 4.69) is 5.32 Å². The summed E-state index contributed by atoms with van der Waals surface area (Å²) in [4.78, 5) is 11.0. The van der Waals surface area contributed by atoms with Gasteiger partial charge in [-0.15, -0.1) is 0 Å². The summed E-state index contributed by atoms with van der Waals surface area (Å²) in [6.07, 6.45) is 2.26. The second-order valence-corrected chi connectivity index (χ2v) is 5.15. The van der Waals surface area contributed by atoms with Crippen molar-refractivity contribution in [3.05, 3.63) is 0 Å². The van der Waals surface area contributed by atoms with Gasteiger partial charge in [0.1, 0.15) is 0 Å². The van der Waals surface area contributed by atoms with Crippen LogP contribution in [0.25, 0.3) is 0 Å². The predicted octanol–water partition coefficient (Wildman–Crippen LogP) is 0.804. The number of carboxylic acid groups (broad SMARTS) is 1. The number of hydrogen-bond donors (Lipinski definition) is 2. The van der Waals surface area contributed by atoms with Crippen molar-refractivity contribution in [2.75, 3.05) is 24.6 Å². The minimum atomic E-state index is -0.618. The van der Waals surface area contributed by atoms with Crippen LogP contribution in [-0.4, -0.2) is 35.7 Å². The molecule has 0 aromatic heterocycles. The monoisotopic (exact) mass is 201 g/mol. The largest absolute Gasteiger partial charge is 0.481 e. The third kappa shape index (κ3) is 1.57. The minimum absolute atomic E-state index is 0.0642. The van der Waals surface area contributed by atoms with Gasteiger partial charge in [0, 0.05) is 24.3 Å². The summed E-state index contributed by atoms with van der Waals surface area (Å²) in [6, 6.07) is 0. The molecule has 1 spiro atoms. The van der Waals surface area contributed by atoms with Gasteiger partial charge in [-0.25, -0.2) is 0 Å². The fraction of sp³-hybridized carbons (Fsp3) is 0.889. The van der Waals surface area contributed by atoms with Crippen molar-refractivity contribution in [3.8, 4) is 0 Å². The third-order valence-corrected chi connectivity index (χ3v) is 4.57. The number of rotatable bonds is 1. The molecule has 2 saturated heterocycles. The van der Waals surface area contributed by atoms with Gasteiger partial charge in [-0.2, -0.15) is 11.8 Å². The van der Waals surface area contributed by atoms with E-state index in [1.807, 2.05) is 11.8 Å². The standard InChI is InChI=1S/C9H15NO2S/c11-8(12)7-4-10-5-9(7)2-1-3-13-6-9/h7,10H,1-6H2,(H,11,12). The Balaban J connectivity index is 2.13. The molecule has 2 rings (SSSR count). The molecule has 2 aliphatic rings. The van der Waals surface area contributed by atoms with E-state index in [0.29, 0.717) is 6.54 Å². The van der Waals surface area contributed by atoms with Gasteiger partial charge in [0.25, 0.3) is 0 Å². The number of carboxylic acids is 1. The van der Waals surface area contributed by atoms with Crippen molar-refractivity contribution in [3.63, 3.8) is 0 Å². The first-order valence-corrected chi connectivity index (χ1v) is 5.91. The van der Waals surface area contributed by atoms with Gasteiger partial charge in [0.15, 0.2) is 0 Å². The first kappa shape index (κ1) is 9.34. The summed E-state index contributed by atoms with van der Waals surface area (Å²) in [5, 5.41) is 12.3. The molecule has 0 amide bonds. The average Bonchev–Trinajstić information content (AvgIpc) is 2.50. The first-order valence-electron chi connectivity index (χ1n) is 4.76. The normalized spacial score (nSPS) is 39.5. The molecule has 13 heavy (non-hydrogen) atoms. The molecule has 2 heterocycles. The van der Waals surface area contributed by atoms with Crippen LogP contribution in [0.1, 0.15) is 12.8 Å². The van der Waals surface area contributed by atoms with Gasteiger partial charge < -0.3 is 10.4 Å². The molecule has 74 valence electrons. The van der Waals surface area contributed by atoms with E-state index >= 15 is 0 Å². The highest BCUT2D eigenvalue weighted by Crippen LogP contribution is 2.42. The SMILES string of the molecule is O=C(O)C1CNCC12CCCSC2. The van der Waals surface area contributed by atoms with Crippen LogP contribution in [0.2, 0.25) is 0 Å². The van der Waals surface area contributed by atoms with Gasteiger partial charge in [0.05, 0.1) is 5.92 Å².